The molecular weight excluding hydrogens is 390 g/mol. The van der Waals surface area contributed by atoms with Gasteiger partial charge in [0.15, 0.2) is 13.2 Å². The monoisotopic (exact) mass is 409 g/mol. The highest BCUT2D eigenvalue weighted by Crippen LogP contribution is 2.39. The smallest absolute Gasteiger partial charge is 0.344 e. The summed E-state index contributed by atoms with van der Waals surface area (Å²) >= 11 is 1.42. The van der Waals surface area contributed by atoms with Gasteiger partial charge in [-0.05, 0) is 55.0 Å². The second kappa shape index (κ2) is 9.22. The van der Waals surface area contributed by atoms with E-state index in [1.54, 1.807) is 24.3 Å². The Bertz CT molecular complexity index is 999. The Morgan fingerprint density at radius 2 is 1.97 bits per heavy atom. The van der Waals surface area contributed by atoms with Gasteiger partial charge in [0.25, 0.3) is 5.91 Å². The zero-order chi connectivity index (χ0) is 20.8. The van der Waals surface area contributed by atoms with Crippen LogP contribution in [0.25, 0.3) is 0 Å². The van der Waals surface area contributed by atoms with Crippen LogP contribution in [0.5, 0.6) is 5.75 Å². The molecule has 1 amide bonds. The molecule has 0 saturated heterocycles. The number of anilines is 1. The molecule has 2 aromatic rings. The summed E-state index contributed by atoms with van der Waals surface area (Å²) in [6.07, 6.45) is 2.78. The van der Waals surface area contributed by atoms with Crippen molar-refractivity contribution in [3.8, 4) is 17.9 Å². The second-order valence-electron chi connectivity index (χ2n) is 6.80. The van der Waals surface area contributed by atoms with Gasteiger partial charge in [0.1, 0.15) is 16.8 Å². The van der Waals surface area contributed by atoms with Crippen LogP contribution in [-0.4, -0.2) is 25.1 Å². The van der Waals surface area contributed by atoms with E-state index >= 15 is 0 Å². The Labute approximate surface area is 172 Å². The van der Waals surface area contributed by atoms with Gasteiger partial charge in [0.05, 0.1) is 17.2 Å². The second-order valence-corrected chi connectivity index (χ2v) is 7.91. The van der Waals surface area contributed by atoms with Crippen molar-refractivity contribution in [1.82, 2.24) is 0 Å². The standard InChI is InChI=1S/C21H19N3O4S/c1-13-2-7-16-17(10-23)21(29-18(16)8-13)24-19(25)11-28-20(26)12-27-15-5-3-14(9-22)4-6-15/h3-6,13H,2,7-8,11-12H2,1H3,(H,24,25)/t13-/m0/s1. The molecule has 148 valence electrons. The Balaban J connectivity index is 1.49. The van der Waals surface area contributed by atoms with E-state index in [0.29, 0.717) is 27.8 Å². The number of carbonyl (C=O) groups is 2. The molecule has 29 heavy (non-hydrogen) atoms. The number of thiophene rings is 1. The predicted octanol–water partition coefficient (Wildman–Crippen LogP) is 3.18. The van der Waals surface area contributed by atoms with Crippen molar-refractivity contribution in [2.75, 3.05) is 18.5 Å². The fourth-order valence-electron chi connectivity index (χ4n) is 3.08. The van der Waals surface area contributed by atoms with Crippen molar-refractivity contribution in [3.05, 3.63) is 45.8 Å². The van der Waals surface area contributed by atoms with E-state index in [4.69, 9.17) is 14.7 Å². The molecule has 1 heterocycles. The largest absolute Gasteiger partial charge is 0.482 e. The first-order chi connectivity index (χ1) is 14.0. The number of rotatable bonds is 6. The summed E-state index contributed by atoms with van der Waals surface area (Å²) in [5, 5.41) is 21.4. The van der Waals surface area contributed by atoms with Gasteiger partial charge in [0, 0.05) is 4.88 Å². The predicted molar refractivity (Wildman–Crippen MR) is 106 cm³/mol. The molecule has 1 N–H and O–H groups in total. The van der Waals surface area contributed by atoms with Gasteiger partial charge >= 0.3 is 5.97 Å². The first kappa shape index (κ1) is 20.4. The molecule has 8 heteroatoms. The van der Waals surface area contributed by atoms with Crippen LogP contribution in [0.4, 0.5) is 5.00 Å². The van der Waals surface area contributed by atoms with Crippen LogP contribution in [0.1, 0.15) is 34.9 Å². The lowest BCUT2D eigenvalue weighted by molar-refractivity contribution is -0.149. The van der Waals surface area contributed by atoms with Crippen molar-refractivity contribution >= 4 is 28.2 Å². The Morgan fingerprint density at radius 1 is 1.21 bits per heavy atom. The first-order valence-electron chi connectivity index (χ1n) is 9.13. The summed E-state index contributed by atoms with van der Waals surface area (Å²) in [6, 6.07) is 10.5. The third-order valence-electron chi connectivity index (χ3n) is 4.58. The molecule has 1 atom stereocenters. The van der Waals surface area contributed by atoms with Gasteiger partial charge in [-0.3, -0.25) is 4.79 Å². The van der Waals surface area contributed by atoms with E-state index in [9.17, 15) is 14.9 Å². The quantitative estimate of drug-likeness (QED) is 0.733. The maximum Gasteiger partial charge on any atom is 0.344 e. The number of ether oxygens (including phenoxy) is 2. The summed E-state index contributed by atoms with van der Waals surface area (Å²) < 4.78 is 10.2. The van der Waals surface area contributed by atoms with E-state index < -0.39 is 18.5 Å². The van der Waals surface area contributed by atoms with E-state index in [-0.39, 0.29) is 6.61 Å². The lowest BCUT2D eigenvalue weighted by atomic mass is 9.89. The number of benzene rings is 1. The highest BCUT2D eigenvalue weighted by Gasteiger charge is 2.24. The van der Waals surface area contributed by atoms with Gasteiger partial charge in [-0.15, -0.1) is 11.3 Å². The lowest BCUT2D eigenvalue weighted by Gasteiger charge is -2.17. The molecule has 0 aliphatic heterocycles. The minimum Gasteiger partial charge on any atom is -0.482 e. The zero-order valence-electron chi connectivity index (χ0n) is 15.9. The number of nitriles is 2. The van der Waals surface area contributed by atoms with Gasteiger partial charge in [-0.2, -0.15) is 10.5 Å². The average Bonchev–Trinajstić information content (AvgIpc) is 3.06. The molecular formula is C21H19N3O4S. The molecule has 0 unspecified atom stereocenters. The summed E-state index contributed by atoms with van der Waals surface area (Å²) in [5.41, 5.74) is 2.03. The average molecular weight is 409 g/mol. The highest BCUT2D eigenvalue weighted by molar-refractivity contribution is 7.16. The maximum absolute atomic E-state index is 12.1. The van der Waals surface area contributed by atoms with E-state index in [1.807, 2.05) is 6.07 Å². The fourth-order valence-corrected chi connectivity index (χ4v) is 4.45. The van der Waals surface area contributed by atoms with E-state index in [0.717, 1.165) is 29.7 Å². The van der Waals surface area contributed by atoms with Gasteiger partial charge in [-0.1, -0.05) is 6.92 Å². The van der Waals surface area contributed by atoms with Crippen molar-refractivity contribution in [3.63, 3.8) is 0 Å². The molecule has 1 aliphatic rings. The van der Waals surface area contributed by atoms with Crippen LogP contribution in [0.2, 0.25) is 0 Å². The number of esters is 1. The number of fused-ring (bicyclic) bond motifs is 1. The molecule has 1 aromatic carbocycles. The summed E-state index contributed by atoms with van der Waals surface area (Å²) in [5.74, 6) is -0.208. The van der Waals surface area contributed by atoms with Crippen LogP contribution >= 0.6 is 11.3 Å². The topological polar surface area (TPSA) is 112 Å². The zero-order valence-corrected chi connectivity index (χ0v) is 16.7. The third kappa shape index (κ3) is 5.13. The molecule has 0 bridgehead atoms. The Morgan fingerprint density at radius 3 is 2.66 bits per heavy atom. The van der Waals surface area contributed by atoms with Crippen LogP contribution in [-0.2, 0) is 27.2 Å². The van der Waals surface area contributed by atoms with E-state index in [1.165, 1.54) is 11.3 Å². The Kier molecular flexibility index (Phi) is 6.48. The van der Waals surface area contributed by atoms with Crippen molar-refractivity contribution in [1.29, 1.82) is 10.5 Å². The molecule has 0 spiro atoms. The number of hydrogen-bond donors (Lipinski definition) is 1. The molecule has 7 nitrogen and oxygen atoms in total. The summed E-state index contributed by atoms with van der Waals surface area (Å²) in [7, 11) is 0. The molecule has 0 saturated carbocycles. The molecule has 0 radical (unpaired) electrons. The van der Waals surface area contributed by atoms with Gasteiger partial charge in [-0.25, -0.2) is 4.79 Å². The van der Waals surface area contributed by atoms with E-state index in [2.05, 4.69) is 18.3 Å². The SMILES string of the molecule is C[C@H]1CCc2c(sc(NC(=O)COC(=O)COc3ccc(C#N)cc3)c2C#N)C1. The fraction of sp³-hybridized carbons (Fsp3) is 0.333. The van der Waals surface area contributed by atoms with Crippen molar-refractivity contribution in [2.24, 2.45) is 5.92 Å². The van der Waals surface area contributed by atoms with Crippen molar-refractivity contribution < 1.29 is 19.1 Å². The maximum atomic E-state index is 12.1. The minimum atomic E-state index is -0.690. The van der Waals surface area contributed by atoms with Crippen LogP contribution in [0.3, 0.4) is 0 Å². The number of carbonyl (C=O) groups excluding carboxylic acids is 2. The number of nitrogens with zero attached hydrogens (tertiary/aromatic N) is 2. The number of nitrogens with one attached hydrogen (secondary N) is 1. The number of amides is 1. The lowest BCUT2D eigenvalue weighted by Crippen LogP contribution is -2.23. The molecule has 1 aliphatic carbocycles. The van der Waals surface area contributed by atoms with Crippen LogP contribution in [0.15, 0.2) is 24.3 Å². The van der Waals surface area contributed by atoms with Gasteiger partial charge < -0.3 is 14.8 Å². The molecule has 0 fully saturated rings. The van der Waals surface area contributed by atoms with Crippen LogP contribution < -0.4 is 10.1 Å². The van der Waals surface area contributed by atoms with Gasteiger partial charge in [0.2, 0.25) is 0 Å². The highest BCUT2D eigenvalue weighted by atomic mass is 32.1. The minimum absolute atomic E-state index is 0.353. The normalized spacial score (nSPS) is 14.8. The summed E-state index contributed by atoms with van der Waals surface area (Å²) in [4.78, 5) is 25.1. The van der Waals surface area contributed by atoms with Crippen LogP contribution in [0, 0.1) is 28.6 Å². The summed E-state index contributed by atoms with van der Waals surface area (Å²) in [6.45, 7) is 1.36. The number of hydrogen-bond acceptors (Lipinski definition) is 7. The van der Waals surface area contributed by atoms with Crippen molar-refractivity contribution in [2.45, 2.75) is 26.2 Å². The first-order valence-corrected chi connectivity index (χ1v) is 9.95. The molecule has 3 rings (SSSR count). The molecule has 1 aromatic heterocycles. The third-order valence-corrected chi connectivity index (χ3v) is 5.75. The Hall–Kier alpha value is -3.36.